The van der Waals surface area contributed by atoms with E-state index in [9.17, 15) is 4.79 Å². The van der Waals surface area contributed by atoms with E-state index in [0.29, 0.717) is 0 Å². The zero-order valence-corrected chi connectivity index (χ0v) is 10.2. The molecule has 88 valence electrons. The van der Waals surface area contributed by atoms with Crippen molar-refractivity contribution in [3.05, 3.63) is 34.9 Å². The molecule has 1 aromatic rings. The summed E-state index contributed by atoms with van der Waals surface area (Å²) >= 11 is 6.02. The smallest absolute Gasteiger partial charge is 0.320 e. The van der Waals surface area contributed by atoms with Gasteiger partial charge in [-0.05, 0) is 31.9 Å². The molecule has 0 spiro atoms. The van der Waals surface area contributed by atoms with Crippen molar-refractivity contribution in [3.63, 3.8) is 0 Å². The molecule has 1 aromatic carbocycles. The number of carbonyl (C=O) groups is 1. The number of rotatable bonds is 5. The molecule has 2 unspecified atom stereocenters. The normalized spacial score (nSPS) is 14.4. The van der Waals surface area contributed by atoms with Gasteiger partial charge in [-0.2, -0.15) is 0 Å². The van der Waals surface area contributed by atoms with Crippen LogP contribution in [0.4, 0.5) is 0 Å². The van der Waals surface area contributed by atoms with Crippen LogP contribution in [0.3, 0.4) is 0 Å². The van der Waals surface area contributed by atoms with Crippen molar-refractivity contribution in [2.45, 2.75) is 32.4 Å². The number of carboxylic acids is 1. The molecule has 0 bridgehead atoms. The molecule has 0 aliphatic rings. The second-order valence-electron chi connectivity index (χ2n) is 3.92. The highest BCUT2D eigenvalue weighted by molar-refractivity contribution is 6.31. The molecule has 2 N–H and O–H groups in total. The zero-order chi connectivity index (χ0) is 12.1. The molecule has 0 saturated carbocycles. The van der Waals surface area contributed by atoms with Crippen molar-refractivity contribution in [1.82, 2.24) is 5.32 Å². The highest BCUT2D eigenvalue weighted by Gasteiger charge is 2.14. The molecule has 0 aliphatic heterocycles. The van der Waals surface area contributed by atoms with Gasteiger partial charge in [0, 0.05) is 11.1 Å². The van der Waals surface area contributed by atoms with Crippen LogP contribution in [0.5, 0.6) is 0 Å². The number of hydrogen-bond acceptors (Lipinski definition) is 2. The Labute approximate surface area is 100 Å². The van der Waals surface area contributed by atoms with E-state index < -0.39 is 12.0 Å². The van der Waals surface area contributed by atoms with Crippen LogP contribution in [-0.4, -0.2) is 23.2 Å². The summed E-state index contributed by atoms with van der Waals surface area (Å²) in [7, 11) is 0. The number of nitrogens with one attached hydrogen (secondary N) is 1. The first-order valence-electron chi connectivity index (χ1n) is 5.23. The number of benzene rings is 1. The van der Waals surface area contributed by atoms with Crippen molar-refractivity contribution in [1.29, 1.82) is 0 Å². The van der Waals surface area contributed by atoms with Crippen molar-refractivity contribution in [3.8, 4) is 0 Å². The van der Waals surface area contributed by atoms with E-state index >= 15 is 0 Å². The van der Waals surface area contributed by atoms with E-state index in [0.717, 1.165) is 17.0 Å². The average molecular weight is 242 g/mol. The van der Waals surface area contributed by atoms with Crippen LogP contribution in [0.15, 0.2) is 24.3 Å². The summed E-state index contributed by atoms with van der Waals surface area (Å²) in [5.41, 5.74) is 1.03. The van der Waals surface area contributed by atoms with Gasteiger partial charge in [0.05, 0.1) is 0 Å². The van der Waals surface area contributed by atoms with Gasteiger partial charge in [-0.3, -0.25) is 4.79 Å². The molecular formula is C12H16ClNO2. The van der Waals surface area contributed by atoms with E-state index in [1.807, 2.05) is 31.2 Å². The predicted molar refractivity (Wildman–Crippen MR) is 64.9 cm³/mol. The van der Waals surface area contributed by atoms with Gasteiger partial charge in [0.25, 0.3) is 0 Å². The summed E-state index contributed by atoms with van der Waals surface area (Å²) in [6, 6.07) is 7.12. The quantitative estimate of drug-likeness (QED) is 0.832. The molecule has 0 heterocycles. The van der Waals surface area contributed by atoms with Crippen LogP contribution in [0.2, 0.25) is 5.02 Å². The summed E-state index contributed by atoms with van der Waals surface area (Å²) < 4.78 is 0. The van der Waals surface area contributed by atoms with Crippen LogP contribution >= 0.6 is 11.6 Å². The third-order valence-corrected chi connectivity index (χ3v) is 2.76. The maximum Gasteiger partial charge on any atom is 0.320 e. The highest BCUT2D eigenvalue weighted by atomic mass is 35.5. The van der Waals surface area contributed by atoms with Gasteiger partial charge in [-0.1, -0.05) is 29.8 Å². The van der Waals surface area contributed by atoms with Gasteiger partial charge in [0.15, 0.2) is 0 Å². The molecule has 1 rings (SSSR count). The summed E-state index contributed by atoms with van der Waals surface area (Å²) in [6.45, 7) is 3.58. The van der Waals surface area contributed by atoms with Crippen LogP contribution in [-0.2, 0) is 11.2 Å². The van der Waals surface area contributed by atoms with Gasteiger partial charge in [-0.15, -0.1) is 0 Å². The Kier molecular flexibility index (Phi) is 4.77. The average Bonchev–Trinajstić information content (AvgIpc) is 2.21. The molecule has 0 aliphatic carbocycles. The van der Waals surface area contributed by atoms with E-state index in [4.69, 9.17) is 16.7 Å². The Morgan fingerprint density at radius 1 is 1.44 bits per heavy atom. The first kappa shape index (κ1) is 13.0. The van der Waals surface area contributed by atoms with E-state index in [1.165, 1.54) is 0 Å². The van der Waals surface area contributed by atoms with Crippen molar-refractivity contribution in [2.75, 3.05) is 0 Å². The topological polar surface area (TPSA) is 49.3 Å². The van der Waals surface area contributed by atoms with Crippen LogP contribution in [0, 0.1) is 0 Å². The predicted octanol–water partition coefficient (Wildman–Crippen LogP) is 2.33. The molecule has 0 aromatic heterocycles. The Hall–Kier alpha value is -1.06. The van der Waals surface area contributed by atoms with Crippen LogP contribution in [0.1, 0.15) is 19.4 Å². The number of carboxylic acid groups (broad SMARTS) is 1. The Morgan fingerprint density at radius 2 is 2.06 bits per heavy atom. The molecule has 16 heavy (non-hydrogen) atoms. The maximum absolute atomic E-state index is 10.7. The second kappa shape index (κ2) is 5.87. The van der Waals surface area contributed by atoms with E-state index in [2.05, 4.69) is 5.32 Å². The molecule has 4 heteroatoms. The minimum Gasteiger partial charge on any atom is -0.480 e. The lowest BCUT2D eigenvalue weighted by atomic mass is 10.1. The number of aliphatic carboxylic acids is 1. The molecular weight excluding hydrogens is 226 g/mol. The van der Waals surface area contributed by atoms with Gasteiger partial charge in [-0.25, -0.2) is 0 Å². The van der Waals surface area contributed by atoms with Gasteiger partial charge in [0.2, 0.25) is 0 Å². The van der Waals surface area contributed by atoms with Crippen LogP contribution < -0.4 is 5.32 Å². The van der Waals surface area contributed by atoms with Crippen molar-refractivity contribution < 1.29 is 9.90 Å². The SMILES string of the molecule is CC(Cc1ccccc1Cl)NC(C)C(=O)O. The minimum absolute atomic E-state index is 0.0750. The minimum atomic E-state index is -0.842. The lowest BCUT2D eigenvalue weighted by Gasteiger charge is -2.17. The summed E-state index contributed by atoms with van der Waals surface area (Å²) in [5.74, 6) is -0.842. The lowest BCUT2D eigenvalue weighted by Crippen LogP contribution is -2.40. The molecule has 0 fully saturated rings. The standard InChI is InChI=1S/C12H16ClNO2/c1-8(14-9(2)12(15)16)7-10-5-3-4-6-11(10)13/h3-6,8-9,14H,7H2,1-2H3,(H,15,16). The van der Waals surface area contributed by atoms with Crippen LogP contribution in [0.25, 0.3) is 0 Å². The maximum atomic E-state index is 10.7. The number of hydrogen-bond donors (Lipinski definition) is 2. The first-order valence-corrected chi connectivity index (χ1v) is 5.60. The van der Waals surface area contributed by atoms with E-state index in [1.54, 1.807) is 6.92 Å². The molecule has 0 saturated heterocycles. The molecule has 3 nitrogen and oxygen atoms in total. The molecule has 0 amide bonds. The summed E-state index contributed by atoms with van der Waals surface area (Å²) in [6.07, 6.45) is 0.720. The molecule has 0 radical (unpaired) electrons. The zero-order valence-electron chi connectivity index (χ0n) is 9.40. The first-order chi connectivity index (χ1) is 7.50. The number of halogens is 1. The highest BCUT2D eigenvalue weighted by Crippen LogP contribution is 2.16. The van der Waals surface area contributed by atoms with Gasteiger partial charge < -0.3 is 10.4 Å². The summed E-state index contributed by atoms with van der Waals surface area (Å²) in [4.78, 5) is 10.7. The van der Waals surface area contributed by atoms with Gasteiger partial charge >= 0.3 is 5.97 Å². The van der Waals surface area contributed by atoms with Gasteiger partial charge in [0.1, 0.15) is 6.04 Å². The fourth-order valence-corrected chi connectivity index (χ4v) is 1.76. The molecule has 2 atom stereocenters. The Balaban J connectivity index is 2.55. The Bertz CT molecular complexity index is 368. The third-order valence-electron chi connectivity index (χ3n) is 2.39. The Morgan fingerprint density at radius 3 is 2.62 bits per heavy atom. The van der Waals surface area contributed by atoms with E-state index in [-0.39, 0.29) is 6.04 Å². The van der Waals surface area contributed by atoms with Crippen molar-refractivity contribution in [2.24, 2.45) is 0 Å². The van der Waals surface area contributed by atoms with Crippen molar-refractivity contribution >= 4 is 17.6 Å². The second-order valence-corrected chi connectivity index (χ2v) is 4.33. The summed E-state index contributed by atoms with van der Waals surface area (Å²) in [5, 5.41) is 12.5. The fraction of sp³-hybridized carbons (Fsp3) is 0.417. The third kappa shape index (κ3) is 3.83. The monoisotopic (exact) mass is 241 g/mol. The fourth-order valence-electron chi connectivity index (χ4n) is 1.55. The lowest BCUT2D eigenvalue weighted by molar-refractivity contribution is -0.139. The largest absolute Gasteiger partial charge is 0.480 e.